The first-order valence-electron chi connectivity index (χ1n) is 3.79. The van der Waals surface area contributed by atoms with Gasteiger partial charge in [0, 0.05) is 19.4 Å². The molecule has 10 heavy (non-hydrogen) atoms. The van der Waals surface area contributed by atoms with Crippen molar-refractivity contribution in [2.75, 3.05) is 20.1 Å². The fourth-order valence-electron chi connectivity index (χ4n) is 1.47. The van der Waals surface area contributed by atoms with Crippen molar-refractivity contribution in [3.63, 3.8) is 0 Å². The molecule has 0 saturated carbocycles. The fraction of sp³-hybridized carbons (Fsp3) is 0.875. The van der Waals surface area contributed by atoms with Gasteiger partial charge in [0.05, 0.1) is 0 Å². The zero-order chi connectivity index (χ0) is 7.56. The average molecular weight is 138 g/mol. The Balaban J connectivity index is 2.39. The van der Waals surface area contributed by atoms with Gasteiger partial charge in [-0.1, -0.05) is 0 Å². The summed E-state index contributed by atoms with van der Waals surface area (Å²) in [7, 11) is 2.12. The van der Waals surface area contributed by atoms with E-state index in [-0.39, 0.29) is 6.04 Å². The fourth-order valence-corrected chi connectivity index (χ4v) is 1.47. The quantitative estimate of drug-likeness (QED) is 0.495. The minimum Gasteiger partial charge on any atom is -0.314 e. The van der Waals surface area contributed by atoms with Gasteiger partial charge in [0.25, 0.3) is 0 Å². The Labute approximate surface area is 62.7 Å². The highest BCUT2D eigenvalue weighted by Crippen LogP contribution is 2.19. The van der Waals surface area contributed by atoms with Crippen LogP contribution < -0.4 is 0 Å². The van der Waals surface area contributed by atoms with Crippen molar-refractivity contribution in [1.29, 1.82) is 0 Å². The maximum absolute atomic E-state index is 6.85. The van der Waals surface area contributed by atoms with Gasteiger partial charge in [-0.25, -0.2) is 6.57 Å². The molecule has 0 N–H and O–H groups in total. The molecule has 2 atom stereocenters. The van der Waals surface area contributed by atoms with Crippen molar-refractivity contribution in [2.45, 2.75) is 19.4 Å². The van der Waals surface area contributed by atoms with Gasteiger partial charge in [0.2, 0.25) is 6.04 Å². The van der Waals surface area contributed by atoms with Crippen LogP contribution in [-0.4, -0.2) is 31.1 Å². The summed E-state index contributed by atoms with van der Waals surface area (Å²) in [6.07, 6.45) is 1.21. The van der Waals surface area contributed by atoms with E-state index in [0.29, 0.717) is 5.92 Å². The van der Waals surface area contributed by atoms with Crippen LogP contribution in [0.3, 0.4) is 0 Å². The molecule has 1 aliphatic heterocycles. The lowest BCUT2D eigenvalue weighted by molar-refractivity contribution is 0.387. The van der Waals surface area contributed by atoms with E-state index in [1.807, 2.05) is 6.92 Å². The molecule has 0 aromatic rings. The Morgan fingerprint density at radius 2 is 2.40 bits per heavy atom. The molecule has 0 aliphatic carbocycles. The Morgan fingerprint density at radius 3 is 2.80 bits per heavy atom. The molecule has 56 valence electrons. The lowest BCUT2D eigenvalue weighted by atomic mass is 10.0. The van der Waals surface area contributed by atoms with E-state index < -0.39 is 0 Å². The zero-order valence-corrected chi connectivity index (χ0v) is 6.67. The standard InChI is InChI=1S/C8H14N2/c1-7(9-2)8-4-5-10(3)6-8/h7-8H,4-6H2,1,3H3. The number of nitrogens with zero attached hydrogens (tertiary/aromatic N) is 2. The summed E-state index contributed by atoms with van der Waals surface area (Å²) in [4.78, 5) is 5.83. The molecule has 0 spiro atoms. The van der Waals surface area contributed by atoms with E-state index in [9.17, 15) is 0 Å². The molecular weight excluding hydrogens is 124 g/mol. The molecule has 0 aromatic carbocycles. The molecule has 0 amide bonds. The molecule has 1 aliphatic rings. The summed E-state index contributed by atoms with van der Waals surface area (Å²) < 4.78 is 0. The third-order valence-electron chi connectivity index (χ3n) is 2.31. The predicted octanol–water partition coefficient (Wildman–Crippen LogP) is 1.25. The Bertz CT molecular complexity index is 148. The van der Waals surface area contributed by atoms with Crippen molar-refractivity contribution >= 4 is 0 Å². The zero-order valence-electron chi connectivity index (χ0n) is 6.67. The van der Waals surface area contributed by atoms with E-state index in [1.54, 1.807) is 0 Å². The molecule has 2 heteroatoms. The summed E-state index contributed by atoms with van der Waals surface area (Å²) in [5.41, 5.74) is 0. The van der Waals surface area contributed by atoms with Crippen LogP contribution in [0.2, 0.25) is 0 Å². The average Bonchev–Trinajstić information content (AvgIpc) is 2.34. The van der Waals surface area contributed by atoms with Crippen molar-refractivity contribution in [1.82, 2.24) is 4.90 Å². The van der Waals surface area contributed by atoms with Crippen LogP contribution in [0.4, 0.5) is 0 Å². The largest absolute Gasteiger partial charge is 0.314 e. The second kappa shape index (κ2) is 3.03. The van der Waals surface area contributed by atoms with Crippen LogP contribution in [0.5, 0.6) is 0 Å². The van der Waals surface area contributed by atoms with Crippen molar-refractivity contribution in [2.24, 2.45) is 5.92 Å². The van der Waals surface area contributed by atoms with Crippen molar-refractivity contribution in [3.05, 3.63) is 11.4 Å². The minimum absolute atomic E-state index is 0.227. The normalized spacial score (nSPS) is 29.9. The van der Waals surface area contributed by atoms with E-state index in [0.717, 1.165) is 6.54 Å². The topological polar surface area (TPSA) is 7.60 Å². The number of rotatable bonds is 1. The van der Waals surface area contributed by atoms with Gasteiger partial charge in [-0.05, 0) is 20.0 Å². The Hall–Kier alpha value is -0.550. The Morgan fingerprint density at radius 1 is 1.70 bits per heavy atom. The van der Waals surface area contributed by atoms with Gasteiger partial charge in [-0.2, -0.15) is 0 Å². The minimum atomic E-state index is 0.227. The molecule has 1 fully saturated rings. The maximum Gasteiger partial charge on any atom is 0.225 e. The number of hydrogen-bond acceptors (Lipinski definition) is 1. The van der Waals surface area contributed by atoms with Gasteiger partial charge >= 0.3 is 0 Å². The van der Waals surface area contributed by atoms with Gasteiger partial charge in [-0.15, -0.1) is 0 Å². The SMILES string of the molecule is [C-]#[N+]C(C)C1CCN(C)C1. The van der Waals surface area contributed by atoms with Crippen LogP contribution in [0.15, 0.2) is 0 Å². The molecule has 0 bridgehead atoms. The lowest BCUT2D eigenvalue weighted by Gasteiger charge is -2.08. The molecule has 1 heterocycles. The summed E-state index contributed by atoms with van der Waals surface area (Å²) >= 11 is 0. The smallest absolute Gasteiger partial charge is 0.225 e. The van der Waals surface area contributed by atoms with E-state index in [2.05, 4.69) is 16.8 Å². The van der Waals surface area contributed by atoms with Gasteiger partial charge < -0.3 is 9.74 Å². The predicted molar refractivity (Wildman–Crippen MR) is 41.7 cm³/mol. The highest BCUT2D eigenvalue weighted by Gasteiger charge is 2.27. The van der Waals surface area contributed by atoms with Crippen molar-refractivity contribution < 1.29 is 0 Å². The summed E-state index contributed by atoms with van der Waals surface area (Å²) in [6.45, 7) is 11.2. The van der Waals surface area contributed by atoms with Gasteiger partial charge in [0.1, 0.15) is 0 Å². The second-order valence-electron chi connectivity index (χ2n) is 3.18. The van der Waals surface area contributed by atoms with Gasteiger partial charge in [-0.3, -0.25) is 0 Å². The van der Waals surface area contributed by atoms with Crippen LogP contribution >= 0.6 is 0 Å². The number of hydrogen-bond donors (Lipinski definition) is 0. The van der Waals surface area contributed by atoms with Crippen molar-refractivity contribution in [3.8, 4) is 0 Å². The first-order valence-corrected chi connectivity index (χ1v) is 3.79. The lowest BCUT2D eigenvalue weighted by Crippen LogP contribution is -2.18. The number of likely N-dealkylation sites (tertiary alicyclic amines) is 1. The third kappa shape index (κ3) is 1.48. The molecule has 1 rings (SSSR count). The van der Waals surface area contributed by atoms with Crippen LogP contribution in [0, 0.1) is 12.5 Å². The van der Waals surface area contributed by atoms with E-state index >= 15 is 0 Å². The molecule has 2 unspecified atom stereocenters. The highest BCUT2D eigenvalue weighted by atomic mass is 15.1. The maximum atomic E-state index is 6.85. The highest BCUT2D eigenvalue weighted by molar-refractivity contribution is 4.87. The Kier molecular flexibility index (Phi) is 2.29. The monoisotopic (exact) mass is 138 g/mol. The summed E-state index contributed by atoms with van der Waals surface area (Å²) in [5.74, 6) is 0.627. The molecule has 2 nitrogen and oxygen atoms in total. The molecule has 1 saturated heterocycles. The van der Waals surface area contributed by atoms with Gasteiger partial charge in [0.15, 0.2) is 0 Å². The first-order chi connectivity index (χ1) is 4.74. The van der Waals surface area contributed by atoms with E-state index in [1.165, 1.54) is 13.0 Å². The van der Waals surface area contributed by atoms with Crippen LogP contribution in [0.1, 0.15) is 13.3 Å². The molecule has 0 aromatic heterocycles. The van der Waals surface area contributed by atoms with Crippen LogP contribution in [-0.2, 0) is 0 Å². The molecular formula is C8H14N2. The second-order valence-corrected chi connectivity index (χ2v) is 3.18. The molecule has 0 radical (unpaired) electrons. The first kappa shape index (κ1) is 7.56. The van der Waals surface area contributed by atoms with E-state index in [4.69, 9.17) is 6.57 Å². The summed E-state index contributed by atoms with van der Waals surface area (Å²) in [5, 5.41) is 0. The summed E-state index contributed by atoms with van der Waals surface area (Å²) in [6, 6.07) is 0.227. The van der Waals surface area contributed by atoms with Crippen LogP contribution in [0.25, 0.3) is 4.85 Å². The third-order valence-corrected chi connectivity index (χ3v) is 2.31.